The van der Waals surface area contributed by atoms with E-state index in [1.54, 1.807) is 80.5 Å². The zero-order valence-corrected chi connectivity index (χ0v) is 48.2. The average Bonchev–Trinajstić information content (AvgIpc) is 3.67. The monoisotopic (exact) mass is 1250 g/mol. The Hall–Kier alpha value is -5.22. The summed E-state index contributed by atoms with van der Waals surface area (Å²) in [6.07, 6.45) is 6.17. The SMILES string of the molecule is C=C(C)C(=O)NCCc1ccc(OC(=C\C=C2/N(CCCS(=O)(=O)O)c3ccc4c(S(=O)(=O)O)cc(S(=O)(=O)O)cc4c3C2(C)C)/C=C/C2=[N+](CCCS(=O)(=O)O)c3ccc4c(S(=O)(=O)O)cc(S(=O)(=O)O)cc4c3C2(C)C)cc1.[NaH]. The van der Waals surface area contributed by atoms with E-state index in [2.05, 4.69) is 11.9 Å². The summed E-state index contributed by atoms with van der Waals surface area (Å²) in [5.41, 5.74) is 0.402. The molecule has 2 aliphatic rings. The van der Waals surface area contributed by atoms with Gasteiger partial charge in [-0.1, -0.05) is 38.6 Å². The average molecular weight is 1250 g/mol. The predicted molar refractivity (Wildman–Crippen MR) is 303 cm³/mol. The molecule has 5 aromatic rings. The van der Waals surface area contributed by atoms with Crippen molar-refractivity contribution in [2.45, 2.75) is 84.3 Å². The molecule has 0 bridgehead atoms. The predicted octanol–water partition coefficient (Wildman–Crippen LogP) is 5.70. The zero-order chi connectivity index (χ0) is 59.5. The number of ether oxygens (including phenoxy) is 1. The van der Waals surface area contributed by atoms with E-state index in [4.69, 9.17) is 4.74 Å². The summed E-state index contributed by atoms with van der Waals surface area (Å²) in [6, 6.07) is 15.5. The van der Waals surface area contributed by atoms with Gasteiger partial charge in [0.15, 0.2) is 5.71 Å². The molecule has 7 N–H and O–H groups in total. The molecule has 0 saturated carbocycles. The van der Waals surface area contributed by atoms with Crippen LogP contribution in [0.1, 0.15) is 64.2 Å². The standard InChI is InChI=1S/C51H55N3O20S6.Na.H/c1-31(2)49(55)52-22-21-32-9-11-33(12-10-32)74-34(13-19-45-50(3,4)47-39-27-35(77(62,63)64)29-43(79(68,69)70)37(39)15-17-41(47)53(45)23-7-25-75(56,57)58)14-20-46-51(5,6)48-40-28-36(78(65,66)67)30-44(80(71,72)73)38(40)16-18-42(48)54(46)24-8-26-76(59,60)61;;/h9-20,27-30H,1,7-8,21-26H2,2-6H3,(H6-,52,55,56,57,58,59,60,61,62,63,64,65,66,67,68,69,70,71,72,73);;/p+1. The Balaban J connectivity index is 0.0000106. The van der Waals surface area contributed by atoms with Gasteiger partial charge in [-0.25, -0.2) is 0 Å². The number of carbonyl (C=O) groups is 1. The van der Waals surface area contributed by atoms with E-state index in [1.807, 2.05) is 0 Å². The van der Waals surface area contributed by atoms with E-state index >= 15 is 0 Å². The molecule has 7 rings (SSSR count). The van der Waals surface area contributed by atoms with Gasteiger partial charge in [-0.2, -0.15) is 55.1 Å². The van der Waals surface area contributed by atoms with Gasteiger partial charge >= 0.3 is 29.6 Å². The van der Waals surface area contributed by atoms with Crippen molar-refractivity contribution in [2.24, 2.45) is 0 Å². The zero-order valence-electron chi connectivity index (χ0n) is 43.3. The molecule has 0 spiro atoms. The third kappa shape index (κ3) is 14.6. The van der Waals surface area contributed by atoms with E-state index in [1.165, 1.54) is 36.4 Å². The molecule has 0 saturated heterocycles. The van der Waals surface area contributed by atoms with Gasteiger partial charge in [0.1, 0.15) is 27.8 Å². The van der Waals surface area contributed by atoms with Crippen molar-refractivity contribution in [3.05, 3.63) is 137 Å². The Morgan fingerprint density at radius 2 is 1.19 bits per heavy atom. The number of benzene rings is 5. The van der Waals surface area contributed by atoms with Crippen LogP contribution in [0.15, 0.2) is 140 Å². The van der Waals surface area contributed by atoms with Crippen molar-refractivity contribution in [3.8, 4) is 5.75 Å². The van der Waals surface area contributed by atoms with Crippen molar-refractivity contribution in [2.75, 3.05) is 36.0 Å². The molecule has 0 aliphatic carbocycles. The molecule has 2 heterocycles. The van der Waals surface area contributed by atoms with Gasteiger partial charge in [0.25, 0.3) is 60.7 Å². The summed E-state index contributed by atoms with van der Waals surface area (Å²) < 4.78 is 218. The van der Waals surface area contributed by atoms with E-state index in [-0.39, 0.29) is 112 Å². The molecule has 81 heavy (non-hydrogen) atoms. The van der Waals surface area contributed by atoms with E-state index in [0.717, 1.165) is 17.7 Å². The van der Waals surface area contributed by atoms with Crippen LogP contribution in [0, 0.1) is 0 Å². The van der Waals surface area contributed by atoms with Gasteiger partial charge in [-0.3, -0.25) is 32.1 Å². The summed E-state index contributed by atoms with van der Waals surface area (Å²) in [7, 11) is -29.5. The normalized spacial score (nSPS) is 16.3. The summed E-state index contributed by atoms with van der Waals surface area (Å²) in [6.45, 7) is 11.9. The van der Waals surface area contributed by atoms with Crippen LogP contribution < -0.4 is 15.0 Å². The number of fused-ring (bicyclic) bond motifs is 6. The van der Waals surface area contributed by atoms with Crippen molar-refractivity contribution in [1.29, 1.82) is 0 Å². The first-order chi connectivity index (χ1) is 36.7. The molecule has 0 unspecified atom stereocenters. The molecule has 2 aliphatic heterocycles. The first-order valence-electron chi connectivity index (χ1n) is 24.0. The van der Waals surface area contributed by atoms with Gasteiger partial charge < -0.3 is 15.0 Å². The molecule has 5 aromatic carbocycles. The van der Waals surface area contributed by atoms with Gasteiger partial charge in [-0.15, -0.1) is 0 Å². The van der Waals surface area contributed by atoms with Gasteiger partial charge in [0.05, 0.1) is 26.7 Å². The Labute approximate surface area is 491 Å². The fourth-order valence-corrected chi connectivity index (χ4v) is 13.7. The van der Waals surface area contributed by atoms with E-state index in [9.17, 15) is 82.6 Å². The number of anilines is 1. The molecular weight excluding hydrogens is 1190 g/mol. The number of rotatable bonds is 21. The topological polar surface area (TPSA) is 371 Å². The van der Waals surface area contributed by atoms with E-state index < -0.39 is 103 Å². The Bertz CT molecular complexity index is 4290. The minimum atomic E-state index is -5.14. The number of carbonyl (C=O) groups excluding carboxylic acids is 1. The second kappa shape index (κ2) is 23.4. The second-order valence-corrected chi connectivity index (χ2v) is 28.8. The molecule has 0 aromatic heterocycles. The van der Waals surface area contributed by atoms with Crippen LogP contribution >= 0.6 is 0 Å². The Morgan fingerprint density at radius 3 is 1.69 bits per heavy atom. The fourth-order valence-electron chi connectivity index (χ4n) is 10.1. The van der Waals surface area contributed by atoms with Crippen molar-refractivity contribution in [1.82, 2.24) is 5.32 Å². The van der Waals surface area contributed by atoms with Crippen LogP contribution in [-0.2, 0) is 82.8 Å². The van der Waals surface area contributed by atoms with Crippen LogP contribution in [0.3, 0.4) is 0 Å². The van der Waals surface area contributed by atoms with Gasteiger partial charge in [0, 0.05) is 70.4 Å². The van der Waals surface area contributed by atoms with Crippen LogP contribution in [0.2, 0.25) is 0 Å². The molecule has 23 nitrogen and oxygen atoms in total. The van der Waals surface area contributed by atoms with Gasteiger partial charge in [-0.05, 0) is 122 Å². The van der Waals surface area contributed by atoms with Crippen LogP contribution in [0.4, 0.5) is 11.4 Å². The van der Waals surface area contributed by atoms with Crippen molar-refractivity contribution >= 4 is 135 Å². The molecule has 30 heteroatoms. The van der Waals surface area contributed by atoms with Crippen LogP contribution in [0.5, 0.6) is 5.75 Å². The number of nitrogens with one attached hydrogen (secondary N) is 1. The minimum absolute atomic E-state index is 0. The Morgan fingerprint density at radius 1 is 0.667 bits per heavy atom. The third-order valence-electron chi connectivity index (χ3n) is 13.6. The van der Waals surface area contributed by atoms with Crippen LogP contribution in [0.25, 0.3) is 21.5 Å². The van der Waals surface area contributed by atoms with Crippen molar-refractivity contribution in [3.63, 3.8) is 0 Å². The van der Waals surface area contributed by atoms with Crippen LogP contribution in [-0.4, -0.2) is 155 Å². The Kier molecular flexibility index (Phi) is 18.8. The maximum atomic E-state index is 12.8. The number of hydrogen-bond acceptors (Lipinski definition) is 15. The third-order valence-corrected chi connectivity index (χ3v) is 18.6. The second-order valence-electron chi connectivity index (χ2n) is 20.1. The molecule has 0 radical (unpaired) electrons. The number of nitrogens with zero attached hydrogens (tertiary/aromatic N) is 2. The molecule has 0 atom stereocenters. The van der Waals surface area contributed by atoms with E-state index in [0.29, 0.717) is 46.9 Å². The summed E-state index contributed by atoms with van der Waals surface area (Å²) in [4.78, 5) is 10.3. The van der Waals surface area contributed by atoms with Gasteiger partial charge in [0.2, 0.25) is 11.6 Å². The molecule has 1 amide bonds. The molecular formula is C51H57N3NaO20S6+. The first kappa shape index (κ1) is 64.9. The fraction of sp³-hybridized carbons (Fsp3) is 0.294. The molecule has 432 valence electrons. The number of hydrogen-bond donors (Lipinski definition) is 7. The maximum absolute atomic E-state index is 12.8. The molecule has 0 fully saturated rings. The number of allylic oxidation sites excluding steroid dienone is 5. The summed E-state index contributed by atoms with van der Waals surface area (Å²) in [5.74, 6) is -1.44. The first-order valence-corrected chi connectivity index (χ1v) is 32.9. The quantitative estimate of drug-likeness (QED) is 0.0116. The van der Waals surface area contributed by atoms with Crippen molar-refractivity contribution < 1.29 is 91.9 Å². The summed E-state index contributed by atoms with van der Waals surface area (Å²) in [5, 5.41) is 2.41. The summed E-state index contributed by atoms with van der Waals surface area (Å²) >= 11 is 0. The number of amides is 1.